The van der Waals surface area contributed by atoms with Gasteiger partial charge in [-0.15, -0.1) is 0 Å². The van der Waals surface area contributed by atoms with Crippen molar-refractivity contribution in [3.05, 3.63) is 48.0 Å². The van der Waals surface area contributed by atoms with E-state index in [9.17, 15) is 5.11 Å². The summed E-state index contributed by atoms with van der Waals surface area (Å²) < 4.78 is 0. The van der Waals surface area contributed by atoms with Gasteiger partial charge in [0.1, 0.15) is 0 Å². The van der Waals surface area contributed by atoms with Gasteiger partial charge in [-0.1, -0.05) is 42.5 Å². The number of unbranched alkanes of at least 4 members (excludes halogenated alkanes) is 1. The van der Waals surface area contributed by atoms with Crippen LogP contribution in [-0.4, -0.2) is 27.7 Å². The highest BCUT2D eigenvalue weighted by atomic mass is 16.5. The highest BCUT2D eigenvalue weighted by molar-refractivity contribution is 5.14. The van der Waals surface area contributed by atoms with Crippen LogP contribution in [-0.2, 0) is 6.42 Å². The molecule has 0 aromatic heterocycles. The molecule has 0 aliphatic heterocycles. The van der Waals surface area contributed by atoms with Crippen molar-refractivity contribution < 1.29 is 15.3 Å². The molecule has 0 saturated heterocycles. The first kappa shape index (κ1) is 16.2. The molecule has 0 bridgehead atoms. The molecular weight excluding hydrogens is 264 g/mol. The van der Waals surface area contributed by atoms with Gasteiger partial charge >= 0.3 is 0 Å². The van der Waals surface area contributed by atoms with E-state index >= 15 is 0 Å². The van der Waals surface area contributed by atoms with E-state index in [0.717, 1.165) is 32.1 Å². The summed E-state index contributed by atoms with van der Waals surface area (Å²) in [4.78, 5) is 0. The molecule has 0 radical (unpaired) electrons. The minimum absolute atomic E-state index is 0.0727. The highest BCUT2D eigenvalue weighted by Gasteiger charge is 2.33. The van der Waals surface area contributed by atoms with Crippen LogP contribution in [0.5, 0.6) is 0 Å². The first-order valence-corrected chi connectivity index (χ1v) is 7.91. The van der Waals surface area contributed by atoms with Gasteiger partial charge in [-0.25, -0.2) is 0 Å². The van der Waals surface area contributed by atoms with Crippen molar-refractivity contribution in [2.45, 2.75) is 50.9 Å². The number of hydrogen-bond donors (Lipinski definition) is 3. The Morgan fingerprint density at radius 2 is 1.90 bits per heavy atom. The molecule has 1 aromatic rings. The number of aliphatic hydroxyl groups is 3. The van der Waals surface area contributed by atoms with Gasteiger partial charge in [0.05, 0.1) is 6.10 Å². The Morgan fingerprint density at radius 3 is 2.62 bits per heavy atom. The molecule has 1 fully saturated rings. The predicted octanol–water partition coefficient (Wildman–Crippen LogP) is 2.65. The minimum atomic E-state index is -1.27. The fraction of sp³-hybridized carbons (Fsp3) is 0.556. The second-order valence-electron chi connectivity index (χ2n) is 6.00. The Bertz CT molecular complexity index is 427. The molecule has 1 saturated carbocycles. The van der Waals surface area contributed by atoms with E-state index in [2.05, 4.69) is 36.4 Å². The topological polar surface area (TPSA) is 60.7 Å². The van der Waals surface area contributed by atoms with Crippen LogP contribution in [0, 0.1) is 11.8 Å². The molecule has 0 heterocycles. The zero-order valence-electron chi connectivity index (χ0n) is 12.4. The van der Waals surface area contributed by atoms with Crippen LogP contribution in [0.1, 0.15) is 37.7 Å². The van der Waals surface area contributed by atoms with Crippen LogP contribution in [0.15, 0.2) is 42.5 Å². The maximum Gasteiger partial charge on any atom is 0.151 e. The summed E-state index contributed by atoms with van der Waals surface area (Å²) in [5.74, 6) is 0.258. The molecule has 21 heavy (non-hydrogen) atoms. The van der Waals surface area contributed by atoms with E-state index in [1.807, 2.05) is 6.07 Å². The molecule has 0 amide bonds. The summed E-state index contributed by atoms with van der Waals surface area (Å²) in [5, 5.41) is 28.2. The van der Waals surface area contributed by atoms with Crippen LogP contribution >= 0.6 is 0 Å². The molecule has 1 aliphatic carbocycles. The number of aliphatic hydroxyl groups excluding tert-OH is 2. The zero-order valence-corrected chi connectivity index (χ0v) is 12.4. The van der Waals surface area contributed by atoms with Crippen LogP contribution in [0.3, 0.4) is 0 Å². The first-order chi connectivity index (χ1) is 10.2. The first-order valence-electron chi connectivity index (χ1n) is 7.91. The lowest BCUT2D eigenvalue weighted by Gasteiger charge is -2.19. The monoisotopic (exact) mass is 290 g/mol. The van der Waals surface area contributed by atoms with Crippen LogP contribution < -0.4 is 0 Å². The van der Waals surface area contributed by atoms with E-state index in [4.69, 9.17) is 10.2 Å². The molecule has 3 N–H and O–H groups in total. The molecule has 116 valence electrons. The molecule has 3 heteroatoms. The van der Waals surface area contributed by atoms with Crippen LogP contribution in [0.2, 0.25) is 0 Å². The zero-order chi connectivity index (χ0) is 15.1. The van der Waals surface area contributed by atoms with Crippen molar-refractivity contribution >= 4 is 0 Å². The van der Waals surface area contributed by atoms with E-state index in [1.54, 1.807) is 0 Å². The normalized spacial score (nSPS) is 26.0. The fourth-order valence-electron chi connectivity index (χ4n) is 3.24. The molecule has 0 spiro atoms. The molecule has 2 rings (SSSR count). The van der Waals surface area contributed by atoms with Gasteiger partial charge in [-0.05, 0) is 43.6 Å². The van der Waals surface area contributed by atoms with Gasteiger partial charge in [-0.2, -0.15) is 0 Å². The number of hydrogen-bond acceptors (Lipinski definition) is 3. The van der Waals surface area contributed by atoms with Gasteiger partial charge in [0.25, 0.3) is 0 Å². The Morgan fingerprint density at radius 1 is 1.14 bits per heavy atom. The highest BCUT2D eigenvalue weighted by Crippen LogP contribution is 2.36. The molecule has 1 aliphatic rings. The minimum Gasteiger partial charge on any atom is -0.393 e. The third kappa shape index (κ3) is 5.27. The summed E-state index contributed by atoms with van der Waals surface area (Å²) in [6.07, 6.45) is 7.76. The Labute approximate surface area is 126 Å². The van der Waals surface area contributed by atoms with Crippen molar-refractivity contribution in [2.24, 2.45) is 11.8 Å². The maximum absolute atomic E-state index is 9.99. The van der Waals surface area contributed by atoms with Crippen molar-refractivity contribution in [2.75, 3.05) is 0 Å². The lowest BCUT2D eigenvalue weighted by atomic mass is 9.91. The van der Waals surface area contributed by atoms with E-state index < -0.39 is 6.29 Å². The SMILES string of the molecule is OC(O)C[C@H]1CC[C@@H](O)C1/C=C/CCCc1ccccc1. The van der Waals surface area contributed by atoms with Crippen LogP contribution in [0.25, 0.3) is 0 Å². The molecule has 1 aromatic carbocycles. The number of aryl methyl sites for hydroxylation is 1. The smallest absolute Gasteiger partial charge is 0.151 e. The van der Waals surface area contributed by atoms with Gasteiger partial charge in [-0.3, -0.25) is 0 Å². The second-order valence-corrected chi connectivity index (χ2v) is 6.00. The number of allylic oxidation sites excluding steroid dienone is 1. The average Bonchev–Trinajstić information content (AvgIpc) is 2.80. The van der Waals surface area contributed by atoms with Gasteiger partial charge < -0.3 is 15.3 Å². The Balaban J connectivity index is 1.74. The summed E-state index contributed by atoms with van der Waals surface area (Å²) in [5.41, 5.74) is 1.35. The van der Waals surface area contributed by atoms with Gasteiger partial charge in [0, 0.05) is 12.3 Å². The largest absolute Gasteiger partial charge is 0.393 e. The van der Waals surface area contributed by atoms with Crippen LogP contribution in [0.4, 0.5) is 0 Å². The Hall–Kier alpha value is -1.16. The lowest BCUT2D eigenvalue weighted by molar-refractivity contribution is -0.0592. The quantitative estimate of drug-likeness (QED) is 0.411. The van der Waals surface area contributed by atoms with Gasteiger partial charge in [0.15, 0.2) is 6.29 Å². The predicted molar refractivity (Wildman–Crippen MR) is 83.6 cm³/mol. The molecule has 3 nitrogen and oxygen atoms in total. The van der Waals surface area contributed by atoms with E-state index in [0.29, 0.717) is 6.42 Å². The number of rotatable bonds is 7. The summed E-state index contributed by atoms with van der Waals surface area (Å²) in [7, 11) is 0. The van der Waals surface area contributed by atoms with E-state index in [1.165, 1.54) is 5.56 Å². The molecule has 3 atom stereocenters. The summed E-state index contributed by atoms with van der Waals surface area (Å²) in [6.45, 7) is 0. The van der Waals surface area contributed by atoms with E-state index in [-0.39, 0.29) is 17.9 Å². The Kier molecular flexibility index (Phi) is 6.43. The average molecular weight is 290 g/mol. The number of benzene rings is 1. The third-order valence-corrected chi connectivity index (χ3v) is 4.37. The molecular formula is C18H26O3. The van der Waals surface area contributed by atoms with Crippen molar-refractivity contribution in [1.82, 2.24) is 0 Å². The lowest BCUT2D eigenvalue weighted by Crippen LogP contribution is -2.20. The standard InChI is InChI=1S/C18H26O3/c19-17-12-11-15(13-18(20)21)16(17)10-6-2-5-9-14-7-3-1-4-8-14/h1,3-4,6-8,10,15-21H,2,5,9,11-13H2/b10-6+/t15-,16?,17-/m1/s1. The van der Waals surface area contributed by atoms with Crippen molar-refractivity contribution in [3.8, 4) is 0 Å². The molecule has 1 unspecified atom stereocenters. The fourth-order valence-corrected chi connectivity index (χ4v) is 3.24. The second kappa shape index (κ2) is 8.32. The summed E-state index contributed by atoms with van der Waals surface area (Å²) in [6, 6.07) is 10.4. The van der Waals surface area contributed by atoms with Gasteiger partial charge in [0.2, 0.25) is 0 Å². The summed E-state index contributed by atoms with van der Waals surface area (Å²) >= 11 is 0. The van der Waals surface area contributed by atoms with Crippen molar-refractivity contribution in [3.63, 3.8) is 0 Å². The maximum atomic E-state index is 9.99. The van der Waals surface area contributed by atoms with Crippen molar-refractivity contribution in [1.29, 1.82) is 0 Å². The third-order valence-electron chi connectivity index (χ3n) is 4.37.